The summed E-state index contributed by atoms with van der Waals surface area (Å²) in [6.45, 7) is 6.49. The summed E-state index contributed by atoms with van der Waals surface area (Å²) < 4.78 is 25.6. The summed E-state index contributed by atoms with van der Waals surface area (Å²) in [6.07, 6.45) is 0.623. The van der Waals surface area contributed by atoms with Gasteiger partial charge in [-0.15, -0.1) is 0 Å². The molecule has 1 aliphatic heterocycles. The molecule has 1 heterocycles. The molecular weight excluding hydrogens is 362 g/mol. The number of sulfonamides is 1. The van der Waals surface area contributed by atoms with Crippen molar-refractivity contribution in [3.05, 3.63) is 54.1 Å². The van der Waals surface area contributed by atoms with Gasteiger partial charge >= 0.3 is 0 Å². The first-order valence-electron chi connectivity index (χ1n) is 9.21. The van der Waals surface area contributed by atoms with E-state index in [1.54, 1.807) is 36.4 Å². The molecule has 0 unspecified atom stereocenters. The van der Waals surface area contributed by atoms with Gasteiger partial charge in [0.25, 0.3) is 5.91 Å². The van der Waals surface area contributed by atoms with Gasteiger partial charge in [-0.2, -0.15) is 0 Å². The third kappa shape index (κ3) is 4.24. The molecule has 6 nitrogen and oxygen atoms in total. The Balaban J connectivity index is 1.74. The molecule has 1 fully saturated rings. The van der Waals surface area contributed by atoms with Crippen LogP contribution >= 0.6 is 0 Å². The minimum atomic E-state index is -3.24. The van der Waals surface area contributed by atoms with Gasteiger partial charge in [-0.3, -0.25) is 9.10 Å². The second kappa shape index (κ2) is 8.00. The molecule has 0 radical (unpaired) electrons. The lowest BCUT2D eigenvalue weighted by Crippen LogP contribution is -2.25. The van der Waals surface area contributed by atoms with Crippen molar-refractivity contribution in [1.29, 1.82) is 0 Å². The molecular formula is C20H25N3O3S. The van der Waals surface area contributed by atoms with Crippen LogP contribution in [-0.2, 0) is 10.0 Å². The van der Waals surface area contributed by atoms with Crippen molar-refractivity contribution < 1.29 is 13.2 Å². The van der Waals surface area contributed by atoms with Crippen molar-refractivity contribution in [2.75, 3.05) is 39.9 Å². The monoisotopic (exact) mass is 387 g/mol. The summed E-state index contributed by atoms with van der Waals surface area (Å²) in [5.74, 6) is -0.0508. The lowest BCUT2D eigenvalue weighted by atomic mass is 10.1. The van der Waals surface area contributed by atoms with Crippen LogP contribution in [0.4, 0.5) is 17.1 Å². The summed E-state index contributed by atoms with van der Waals surface area (Å²) in [5, 5.41) is 2.85. The van der Waals surface area contributed by atoms with Crippen molar-refractivity contribution in [2.24, 2.45) is 0 Å². The number of anilines is 3. The Bertz CT molecular complexity index is 906. The van der Waals surface area contributed by atoms with Crippen LogP contribution in [0.2, 0.25) is 0 Å². The van der Waals surface area contributed by atoms with E-state index in [9.17, 15) is 13.2 Å². The average molecular weight is 388 g/mol. The Morgan fingerprint density at radius 2 is 1.81 bits per heavy atom. The fraction of sp³-hybridized carbons (Fsp3) is 0.350. The molecule has 1 saturated heterocycles. The number of nitrogens with one attached hydrogen (secondary N) is 1. The van der Waals surface area contributed by atoms with Gasteiger partial charge in [-0.1, -0.05) is 6.07 Å². The Morgan fingerprint density at radius 3 is 2.41 bits per heavy atom. The van der Waals surface area contributed by atoms with E-state index >= 15 is 0 Å². The van der Waals surface area contributed by atoms with Crippen molar-refractivity contribution in [2.45, 2.75) is 20.3 Å². The minimum absolute atomic E-state index is 0.169. The zero-order valence-corrected chi connectivity index (χ0v) is 16.5. The molecule has 3 rings (SSSR count). The maximum absolute atomic E-state index is 12.5. The maximum Gasteiger partial charge on any atom is 0.255 e. The molecule has 0 aromatic heterocycles. The van der Waals surface area contributed by atoms with Gasteiger partial charge < -0.3 is 10.2 Å². The number of hydrogen-bond donors (Lipinski definition) is 1. The molecule has 0 aliphatic carbocycles. The topological polar surface area (TPSA) is 69.7 Å². The second-order valence-electron chi connectivity index (χ2n) is 6.47. The van der Waals surface area contributed by atoms with Gasteiger partial charge in [0.15, 0.2) is 0 Å². The molecule has 7 heteroatoms. The zero-order valence-electron chi connectivity index (χ0n) is 15.7. The van der Waals surface area contributed by atoms with Gasteiger partial charge in [0.2, 0.25) is 10.0 Å². The van der Waals surface area contributed by atoms with E-state index in [4.69, 9.17) is 0 Å². The Kier molecular flexibility index (Phi) is 5.70. The molecule has 144 valence electrons. The fourth-order valence-corrected chi connectivity index (χ4v) is 4.84. The van der Waals surface area contributed by atoms with E-state index in [0.29, 0.717) is 29.9 Å². The molecule has 27 heavy (non-hydrogen) atoms. The summed E-state index contributed by atoms with van der Waals surface area (Å²) >= 11 is 0. The molecule has 2 aromatic rings. The minimum Gasteiger partial charge on any atom is -0.372 e. The lowest BCUT2D eigenvalue weighted by molar-refractivity contribution is 0.102. The lowest BCUT2D eigenvalue weighted by Gasteiger charge is -2.21. The highest BCUT2D eigenvalue weighted by molar-refractivity contribution is 7.93. The van der Waals surface area contributed by atoms with Crippen LogP contribution < -0.4 is 14.5 Å². The van der Waals surface area contributed by atoms with Crippen molar-refractivity contribution in [3.63, 3.8) is 0 Å². The summed E-state index contributed by atoms with van der Waals surface area (Å²) in [5.41, 5.74) is 2.80. The first kappa shape index (κ1) is 19.2. The highest BCUT2D eigenvalue weighted by Gasteiger charge is 2.28. The maximum atomic E-state index is 12.5. The van der Waals surface area contributed by atoms with E-state index < -0.39 is 10.0 Å². The van der Waals surface area contributed by atoms with E-state index in [2.05, 4.69) is 24.1 Å². The predicted molar refractivity (Wildman–Crippen MR) is 110 cm³/mol. The van der Waals surface area contributed by atoms with Gasteiger partial charge in [0.1, 0.15) is 0 Å². The fourth-order valence-electron chi connectivity index (χ4n) is 3.28. The van der Waals surface area contributed by atoms with Crippen molar-refractivity contribution >= 4 is 33.0 Å². The standard InChI is InChI=1S/C20H25N3O3S/c1-3-22(4-2)18-11-9-16(10-12-18)20(24)21-17-7-5-8-19(15-17)23-13-6-14-27(23,25)26/h5,7-12,15H,3-4,6,13-14H2,1-2H3,(H,21,24). The quantitative estimate of drug-likeness (QED) is 0.825. The molecule has 0 bridgehead atoms. The van der Waals surface area contributed by atoms with Crippen molar-refractivity contribution in [3.8, 4) is 0 Å². The van der Waals surface area contributed by atoms with Crippen LogP contribution in [0.5, 0.6) is 0 Å². The third-order valence-corrected chi connectivity index (χ3v) is 6.62. The number of rotatable bonds is 6. The molecule has 0 atom stereocenters. The zero-order chi connectivity index (χ0) is 19.4. The van der Waals surface area contributed by atoms with E-state index in [0.717, 1.165) is 18.8 Å². The van der Waals surface area contributed by atoms with Crippen LogP contribution in [0.3, 0.4) is 0 Å². The second-order valence-corrected chi connectivity index (χ2v) is 8.48. The summed E-state index contributed by atoms with van der Waals surface area (Å²) in [4.78, 5) is 14.7. The Hall–Kier alpha value is -2.54. The molecule has 1 N–H and O–H groups in total. The molecule has 1 aliphatic rings. The highest BCUT2D eigenvalue weighted by Crippen LogP contribution is 2.26. The molecule has 1 amide bonds. The van der Waals surface area contributed by atoms with E-state index in [1.165, 1.54) is 4.31 Å². The largest absolute Gasteiger partial charge is 0.372 e. The first-order valence-corrected chi connectivity index (χ1v) is 10.8. The normalized spacial score (nSPS) is 15.6. The number of carbonyl (C=O) groups is 1. The van der Waals surface area contributed by atoms with Crippen LogP contribution in [0.15, 0.2) is 48.5 Å². The van der Waals surface area contributed by atoms with Crippen LogP contribution in [0.25, 0.3) is 0 Å². The van der Waals surface area contributed by atoms with Crippen LogP contribution in [0, 0.1) is 0 Å². The molecule has 2 aromatic carbocycles. The SMILES string of the molecule is CCN(CC)c1ccc(C(=O)Nc2cccc(N3CCCS3(=O)=O)c2)cc1. The number of nitrogens with zero attached hydrogens (tertiary/aromatic N) is 2. The third-order valence-electron chi connectivity index (χ3n) is 4.75. The Labute approximate surface area is 160 Å². The van der Waals surface area contributed by atoms with Crippen molar-refractivity contribution in [1.82, 2.24) is 0 Å². The summed E-state index contributed by atoms with van der Waals surface area (Å²) in [6, 6.07) is 14.4. The van der Waals surface area contributed by atoms with Gasteiger partial charge in [-0.05, 0) is 62.7 Å². The summed E-state index contributed by atoms with van der Waals surface area (Å²) in [7, 11) is -3.24. The number of hydrogen-bond acceptors (Lipinski definition) is 4. The van der Waals surface area contributed by atoms with Crippen LogP contribution in [-0.4, -0.2) is 39.7 Å². The van der Waals surface area contributed by atoms with Crippen LogP contribution in [0.1, 0.15) is 30.6 Å². The van der Waals surface area contributed by atoms with Gasteiger partial charge in [-0.25, -0.2) is 8.42 Å². The van der Waals surface area contributed by atoms with Gasteiger partial charge in [0.05, 0.1) is 11.4 Å². The number of benzene rings is 2. The Morgan fingerprint density at radius 1 is 1.11 bits per heavy atom. The smallest absolute Gasteiger partial charge is 0.255 e. The number of amides is 1. The number of carbonyl (C=O) groups excluding carboxylic acids is 1. The first-order chi connectivity index (χ1) is 12.9. The van der Waals surface area contributed by atoms with E-state index in [-0.39, 0.29) is 11.7 Å². The highest BCUT2D eigenvalue weighted by atomic mass is 32.2. The predicted octanol–water partition coefficient (Wildman–Crippen LogP) is 3.33. The average Bonchev–Trinajstić information content (AvgIpc) is 3.02. The van der Waals surface area contributed by atoms with E-state index in [1.807, 2.05) is 12.1 Å². The van der Waals surface area contributed by atoms with Gasteiger partial charge in [0, 0.05) is 36.6 Å². The molecule has 0 spiro atoms. The molecule has 0 saturated carbocycles.